The molecule has 2 aliphatic heterocycles. The molecule has 54 heavy (non-hydrogen) atoms. The van der Waals surface area contributed by atoms with Gasteiger partial charge in [-0.05, 0) is 24.3 Å². The first kappa shape index (κ1) is 41.8. The normalized spacial score (nSPS) is 26.6. The number of ether oxygens (including phenoxy) is 3. The van der Waals surface area contributed by atoms with Gasteiger partial charge in [0.2, 0.25) is 0 Å². The molecule has 0 spiro atoms. The largest absolute Gasteiger partial charge is 0.469 e. The SMILES string of the molecule is CSSC(CN=[N+]=[N-])C[C@H](N)C(=O)O[C@@H]1C(COP(=O)(O)[C@H]2C[C@H](n3ccc(N)nc3=O)O[C@@H]2COP(=O)(O)O)O[C@@H](n2cnc3c(N)ncnc32)[C@@H]1O. The van der Waals surface area contributed by atoms with Crippen LogP contribution in [0.25, 0.3) is 21.6 Å². The first-order valence-corrected chi connectivity index (χ1v) is 21.4. The molecule has 3 aromatic heterocycles. The summed E-state index contributed by atoms with van der Waals surface area (Å²) in [6, 6.07) is 0.00242. The Morgan fingerprint density at radius 3 is 2.59 bits per heavy atom. The zero-order valence-corrected chi connectivity index (χ0v) is 31.4. The second-order valence-electron chi connectivity index (χ2n) is 11.8. The smallest absolute Gasteiger partial charge is 0.455 e. The van der Waals surface area contributed by atoms with Crippen LogP contribution in [0.2, 0.25) is 0 Å². The zero-order valence-electron chi connectivity index (χ0n) is 28.0. The third kappa shape index (κ3) is 9.88. The van der Waals surface area contributed by atoms with Crippen molar-refractivity contribution >= 4 is 65.8 Å². The second-order valence-corrected chi connectivity index (χ2v) is 17.9. The number of rotatable bonds is 17. The fourth-order valence-electron chi connectivity index (χ4n) is 5.76. The van der Waals surface area contributed by atoms with E-state index in [1.165, 1.54) is 44.7 Å². The molecule has 0 bridgehead atoms. The summed E-state index contributed by atoms with van der Waals surface area (Å²) < 4.78 is 55.1. The highest BCUT2D eigenvalue weighted by Gasteiger charge is 2.52. The van der Waals surface area contributed by atoms with Crippen LogP contribution in [0.15, 0.2) is 34.8 Å². The quantitative estimate of drug-likeness (QED) is 0.0231. The average molecular weight is 839 g/mol. The highest BCUT2D eigenvalue weighted by molar-refractivity contribution is 8.76. The number of nitrogens with zero attached hydrogens (tertiary/aromatic N) is 9. The van der Waals surface area contributed by atoms with Crippen molar-refractivity contribution in [1.82, 2.24) is 29.1 Å². The molecule has 10 N–H and O–H groups in total. The number of phosphoric ester groups is 1. The van der Waals surface area contributed by atoms with E-state index in [1.807, 2.05) is 0 Å². The summed E-state index contributed by atoms with van der Waals surface area (Å²) in [5.41, 5.74) is 24.2. The van der Waals surface area contributed by atoms with E-state index in [1.54, 1.807) is 6.26 Å². The minimum atomic E-state index is -5.09. The van der Waals surface area contributed by atoms with Crippen molar-refractivity contribution in [2.45, 2.75) is 66.7 Å². The molecule has 10 atom stereocenters. The highest BCUT2D eigenvalue weighted by atomic mass is 33.1. The Bertz CT molecular complexity index is 2020. The summed E-state index contributed by atoms with van der Waals surface area (Å²) in [6.45, 7) is -1.67. The van der Waals surface area contributed by atoms with Crippen LogP contribution in [0, 0.1) is 0 Å². The van der Waals surface area contributed by atoms with Gasteiger partial charge in [0.15, 0.2) is 23.8 Å². The Morgan fingerprint density at radius 1 is 1.17 bits per heavy atom. The molecule has 5 rings (SSSR count). The Hall–Kier alpha value is -3.39. The number of carbonyl (C=O) groups excluding carboxylic acids is 1. The van der Waals surface area contributed by atoms with E-state index < -0.39 is 95.3 Å². The predicted octanol–water partition coefficient (Wildman–Crippen LogP) is -0.207. The van der Waals surface area contributed by atoms with E-state index in [0.717, 1.165) is 10.9 Å². The van der Waals surface area contributed by atoms with Crippen LogP contribution in [0.5, 0.6) is 0 Å². The maximum atomic E-state index is 13.9. The van der Waals surface area contributed by atoms with Crippen molar-refractivity contribution in [3.8, 4) is 0 Å². The van der Waals surface area contributed by atoms with E-state index in [0.29, 0.717) is 0 Å². The second kappa shape index (κ2) is 17.6. The van der Waals surface area contributed by atoms with Crippen molar-refractivity contribution in [3.05, 3.63) is 45.8 Å². The van der Waals surface area contributed by atoms with Gasteiger partial charge in [0.25, 0.3) is 0 Å². The van der Waals surface area contributed by atoms with Crippen LogP contribution in [0.3, 0.4) is 0 Å². The fraction of sp³-hybridized carbons (Fsp3) is 0.600. The van der Waals surface area contributed by atoms with Gasteiger partial charge in [-0.25, -0.2) is 24.3 Å². The number of esters is 1. The lowest BCUT2D eigenvalue weighted by atomic mass is 10.1. The molecule has 0 radical (unpaired) electrons. The number of nitrogens with two attached hydrogens (primary N) is 3. The summed E-state index contributed by atoms with van der Waals surface area (Å²) >= 11 is 0. The van der Waals surface area contributed by atoms with E-state index in [-0.39, 0.29) is 41.0 Å². The highest BCUT2D eigenvalue weighted by Crippen LogP contribution is 2.56. The van der Waals surface area contributed by atoms with Gasteiger partial charge in [-0.3, -0.25) is 23.0 Å². The zero-order chi connectivity index (χ0) is 39.4. The number of azide groups is 1. The summed E-state index contributed by atoms with van der Waals surface area (Å²) in [5.74, 6) is -1.08. The number of aliphatic hydroxyl groups is 1. The van der Waals surface area contributed by atoms with Crippen molar-refractivity contribution in [2.75, 3.05) is 37.5 Å². The molecule has 296 valence electrons. The van der Waals surface area contributed by atoms with Crippen molar-refractivity contribution in [1.29, 1.82) is 0 Å². The van der Waals surface area contributed by atoms with Gasteiger partial charge in [0.1, 0.15) is 42.1 Å². The number of phosphoric acid groups is 1. The molecule has 0 aromatic carbocycles. The lowest BCUT2D eigenvalue weighted by Gasteiger charge is -2.26. The topological polar surface area (TPSA) is 384 Å². The van der Waals surface area contributed by atoms with Gasteiger partial charge in [-0.2, -0.15) is 4.98 Å². The van der Waals surface area contributed by atoms with E-state index in [4.69, 9.17) is 41.5 Å². The number of hydrogen-bond acceptors (Lipinski definition) is 20. The minimum absolute atomic E-state index is 0.0132. The van der Waals surface area contributed by atoms with Crippen LogP contribution in [0.1, 0.15) is 25.3 Å². The van der Waals surface area contributed by atoms with Gasteiger partial charge >= 0.3 is 27.1 Å². The number of fused-ring (bicyclic) bond motifs is 1. The van der Waals surface area contributed by atoms with Crippen LogP contribution in [-0.4, -0.2) is 122 Å². The third-order valence-electron chi connectivity index (χ3n) is 8.24. The molecule has 0 amide bonds. The number of hydrogen-bond donors (Lipinski definition) is 7. The number of anilines is 2. The van der Waals surface area contributed by atoms with Gasteiger partial charge in [0, 0.05) is 29.3 Å². The maximum absolute atomic E-state index is 13.9. The molecule has 5 heterocycles. The minimum Gasteiger partial charge on any atom is -0.455 e. The molecule has 2 fully saturated rings. The van der Waals surface area contributed by atoms with Gasteiger partial charge in [-0.1, -0.05) is 26.7 Å². The van der Waals surface area contributed by atoms with Crippen LogP contribution >= 0.6 is 37.0 Å². The summed E-state index contributed by atoms with van der Waals surface area (Å²) in [6.07, 6.45) is -3.83. The Kier molecular flexibility index (Phi) is 13.6. The van der Waals surface area contributed by atoms with Crippen LogP contribution < -0.4 is 22.9 Å². The molecule has 0 aliphatic carbocycles. The molecule has 29 heteroatoms. The number of carbonyl (C=O) groups is 1. The standard InChI is InChI=1S/C25H36N12O13P2S2/c1-53-54-11(6-33-35-29)4-12(26)24(39)50-20-14(49-23(19(20)38)37-10-32-18-21(28)30-9-31-22(18)37)8-46-51(41,42)15-5-17(36-3-2-16(27)34-25(36)40)48-13(15)7-47-52(43,44)45/h2-3,9-15,17,19-20,23,38H,4-8,26H2,1H3,(H,41,42)(H2,27,34,40)(H2,28,30,31)(H2,43,44,45)/t11?,12-,13+,14?,15-,17+,19+,20+,23+/m0/s1. The lowest BCUT2D eigenvalue weighted by molar-refractivity contribution is -0.158. The van der Waals surface area contributed by atoms with Crippen molar-refractivity contribution in [3.63, 3.8) is 0 Å². The monoisotopic (exact) mass is 838 g/mol. The number of nitrogen functional groups attached to an aromatic ring is 2. The van der Waals surface area contributed by atoms with Gasteiger partial charge in [0.05, 0.1) is 31.3 Å². The Morgan fingerprint density at radius 2 is 1.91 bits per heavy atom. The van der Waals surface area contributed by atoms with E-state index in [2.05, 4.69) is 34.5 Å². The molecule has 2 aliphatic rings. The molecule has 0 saturated carbocycles. The predicted molar refractivity (Wildman–Crippen MR) is 190 cm³/mol. The molecular weight excluding hydrogens is 802 g/mol. The maximum Gasteiger partial charge on any atom is 0.469 e. The third-order valence-corrected chi connectivity index (χ3v) is 12.8. The average Bonchev–Trinajstić information content (AvgIpc) is 3.82. The molecule has 3 aromatic rings. The van der Waals surface area contributed by atoms with Gasteiger partial charge in [-0.15, -0.1) is 0 Å². The fourth-order valence-corrected chi connectivity index (χ4v) is 9.60. The molecule has 25 nitrogen and oxygen atoms in total. The summed E-state index contributed by atoms with van der Waals surface area (Å²) in [5, 5.41) is 14.7. The number of imidazole rings is 1. The molecule has 3 unspecified atom stereocenters. The van der Waals surface area contributed by atoms with Gasteiger partial charge < -0.3 is 55.7 Å². The lowest BCUT2D eigenvalue weighted by Crippen LogP contribution is -2.44. The van der Waals surface area contributed by atoms with Crippen LogP contribution in [0.4, 0.5) is 11.6 Å². The molecule has 2 saturated heterocycles. The summed E-state index contributed by atoms with van der Waals surface area (Å²) in [7, 11) is -7.33. The first-order chi connectivity index (χ1) is 25.5. The molecular formula is C25H36N12O13P2S2. The van der Waals surface area contributed by atoms with Crippen molar-refractivity contribution < 1.29 is 57.0 Å². The van der Waals surface area contributed by atoms with E-state index in [9.17, 15) is 38.5 Å². The first-order valence-electron chi connectivity index (χ1n) is 15.6. The van der Waals surface area contributed by atoms with E-state index >= 15 is 0 Å². The Labute approximate surface area is 312 Å². The Balaban J connectivity index is 1.39. The van der Waals surface area contributed by atoms with Crippen LogP contribution in [-0.2, 0) is 37.2 Å². The number of aromatic nitrogens is 6. The van der Waals surface area contributed by atoms with Crippen molar-refractivity contribution in [2.24, 2.45) is 10.8 Å². The summed E-state index contributed by atoms with van der Waals surface area (Å²) in [4.78, 5) is 74.2. The number of aliphatic hydroxyl groups excluding tert-OH is 1.